The Morgan fingerprint density at radius 3 is 1.00 bits per heavy atom. The van der Waals surface area contributed by atoms with E-state index in [2.05, 4.69) is 39.1 Å². The number of thiol groups is 2. The van der Waals surface area contributed by atoms with Gasteiger partial charge in [0, 0.05) is 27.3 Å². The maximum Gasteiger partial charge on any atom is 0 e. The van der Waals surface area contributed by atoms with E-state index in [-0.39, 0.29) is 27.3 Å². The average molecular weight is 360 g/mol. The first-order valence-electron chi connectivity index (χ1n) is 3.05. The standard InChI is InChI=1S/2C3H8S.Pb/c2*1-2-3-4;/h2*4H,2-3H2,1H3;. The molecule has 0 aliphatic carbocycles. The first kappa shape index (κ1) is 16.9. The van der Waals surface area contributed by atoms with Crippen LogP contribution in [0.5, 0.6) is 0 Å². The van der Waals surface area contributed by atoms with E-state index < -0.39 is 0 Å². The van der Waals surface area contributed by atoms with Gasteiger partial charge in [0.15, 0.2) is 0 Å². The van der Waals surface area contributed by atoms with Crippen LogP contribution in [0.1, 0.15) is 26.7 Å². The second-order valence-corrected chi connectivity index (χ2v) is 2.34. The van der Waals surface area contributed by atoms with Crippen molar-refractivity contribution in [2.24, 2.45) is 0 Å². The molecule has 0 aliphatic rings. The molecule has 0 N–H and O–H groups in total. The van der Waals surface area contributed by atoms with Gasteiger partial charge in [-0.3, -0.25) is 0 Å². The summed E-state index contributed by atoms with van der Waals surface area (Å²) in [4.78, 5) is 0. The van der Waals surface area contributed by atoms with Gasteiger partial charge in [0.1, 0.15) is 0 Å². The molecule has 0 aromatic carbocycles. The van der Waals surface area contributed by atoms with E-state index in [9.17, 15) is 0 Å². The van der Waals surface area contributed by atoms with Crippen molar-refractivity contribution in [1.29, 1.82) is 0 Å². The van der Waals surface area contributed by atoms with Crippen LogP contribution in [0.15, 0.2) is 0 Å². The summed E-state index contributed by atoms with van der Waals surface area (Å²) < 4.78 is 0. The third kappa shape index (κ3) is 42.6. The van der Waals surface area contributed by atoms with Gasteiger partial charge < -0.3 is 0 Å². The summed E-state index contributed by atoms with van der Waals surface area (Å²) in [6, 6.07) is 0. The summed E-state index contributed by atoms with van der Waals surface area (Å²) in [6.07, 6.45) is 2.37. The largest absolute Gasteiger partial charge is 0.179 e. The summed E-state index contributed by atoms with van der Waals surface area (Å²) in [5, 5.41) is 0. The van der Waals surface area contributed by atoms with Crippen LogP contribution in [0.4, 0.5) is 0 Å². The molecular formula is C6H16PbS2. The summed E-state index contributed by atoms with van der Waals surface area (Å²) in [7, 11) is 0. The van der Waals surface area contributed by atoms with Crippen LogP contribution >= 0.6 is 25.3 Å². The fraction of sp³-hybridized carbons (Fsp3) is 1.00. The monoisotopic (exact) mass is 360 g/mol. The second kappa shape index (κ2) is 22.6. The van der Waals surface area contributed by atoms with E-state index in [1.807, 2.05) is 0 Å². The number of rotatable bonds is 2. The van der Waals surface area contributed by atoms with Crippen molar-refractivity contribution in [3.63, 3.8) is 0 Å². The van der Waals surface area contributed by atoms with E-state index in [1.54, 1.807) is 0 Å². The predicted molar refractivity (Wildman–Crippen MR) is 54.0 cm³/mol. The van der Waals surface area contributed by atoms with Crippen LogP contribution < -0.4 is 0 Å². The van der Waals surface area contributed by atoms with E-state index in [0.717, 1.165) is 11.5 Å². The first-order chi connectivity index (χ1) is 3.83. The Hall–Kier alpha value is 1.62. The van der Waals surface area contributed by atoms with Crippen molar-refractivity contribution in [2.45, 2.75) is 26.7 Å². The minimum absolute atomic E-state index is 0. The Morgan fingerprint density at radius 2 is 1.00 bits per heavy atom. The SMILES string of the molecule is CCCS.CCCS.[Pb]. The molecule has 56 valence electrons. The zero-order chi connectivity index (χ0) is 6.83. The van der Waals surface area contributed by atoms with Gasteiger partial charge >= 0.3 is 0 Å². The van der Waals surface area contributed by atoms with Crippen LogP contribution in [0.3, 0.4) is 0 Å². The molecule has 0 atom stereocenters. The fourth-order valence-corrected chi connectivity index (χ4v) is 0. The molecular weight excluding hydrogens is 343 g/mol. The Labute approximate surface area is 90.2 Å². The molecule has 0 spiro atoms. The van der Waals surface area contributed by atoms with Crippen molar-refractivity contribution < 1.29 is 0 Å². The zero-order valence-corrected chi connectivity index (χ0v) is 11.9. The summed E-state index contributed by atoms with van der Waals surface area (Å²) in [5.74, 6) is 2.03. The fourth-order valence-electron chi connectivity index (χ4n) is 0. The second-order valence-electron chi connectivity index (χ2n) is 1.45. The number of hydrogen-bond acceptors (Lipinski definition) is 2. The molecule has 3 heteroatoms. The summed E-state index contributed by atoms with van der Waals surface area (Å²) >= 11 is 7.84. The van der Waals surface area contributed by atoms with E-state index in [0.29, 0.717) is 0 Å². The van der Waals surface area contributed by atoms with E-state index in [1.165, 1.54) is 12.8 Å². The van der Waals surface area contributed by atoms with Gasteiger partial charge in [-0.1, -0.05) is 13.8 Å². The summed E-state index contributed by atoms with van der Waals surface area (Å²) in [6.45, 7) is 4.21. The van der Waals surface area contributed by atoms with Crippen LogP contribution in [0, 0.1) is 0 Å². The molecule has 0 bridgehead atoms. The maximum atomic E-state index is 3.92. The molecule has 0 heterocycles. The average Bonchev–Trinajstić information content (AvgIpc) is 1.88. The predicted octanol–water partition coefficient (Wildman–Crippen LogP) is 2.27. The Kier molecular flexibility index (Phi) is 42.6. The van der Waals surface area contributed by atoms with Crippen molar-refractivity contribution >= 4 is 52.6 Å². The third-order valence-electron chi connectivity index (χ3n) is 0.447. The normalized spacial score (nSPS) is 6.67. The molecule has 9 heavy (non-hydrogen) atoms. The molecule has 0 aromatic heterocycles. The van der Waals surface area contributed by atoms with Crippen molar-refractivity contribution in [1.82, 2.24) is 0 Å². The minimum atomic E-state index is 0. The Morgan fingerprint density at radius 1 is 0.889 bits per heavy atom. The van der Waals surface area contributed by atoms with Gasteiger partial charge in [-0.05, 0) is 24.3 Å². The topological polar surface area (TPSA) is 0 Å². The van der Waals surface area contributed by atoms with Crippen molar-refractivity contribution in [3.05, 3.63) is 0 Å². The van der Waals surface area contributed by atoms with Crippen LogP contribution in [-0.4, -0.2) is 38.8 Å². The van der Waals surface area contributed by atoms with Crippen LogP contribution in [0.2, 0.25) is 0 Å². The first-order valence-corrected chi connectivity index (χ1v) is 4.31. The van der Waals surface area contributed by atoms with Gasteiger partial charge in [0.25, 0.3) is 0 Å². The van der Waals surface area contributed by atoms with E-state index >= 15 is 0 Å². The van der Waals surface area contributed by atoms with Gasteiger partial charge in [0.2, 0.25) is 0 Å². The molecule has 0 rings (SSSR count). The molecule has 0 unspecified atom stereocenters. The molecule has 0 saturated carbocycles. The molecule has 0 fully saturated rings. The van der Waals surface area contributed by atoms with Gasteiger partial charge in [-0.2, -0.15) is 25.3 Å². The minimum Gasteiger partial charge on any atom is -0.179 e. The van der Waals surface area contributed by atoms with Crippen molar-refractivity contribution in [2.75, 3.05) is 11.5 Å². The molecule has 0 saturated heterocycles. The maximum absolute atomic E-state index is 3.92. The molecule has 0 nitrogen and oxygen atoms in total. The Bertz CT molecular complexity index is 19.0. The molecule has 0 amide bonds. The molecule has 4 radical (unpaired) electrons. The number of hydrogen-bond donors (Lipinski definition) is 2. The van der Waals surface area contributed by atoms with E-state index in [4.69, 9.17) is 0 Å². The molecule has 0 aliphatic heterocycles. The van der Waals surface area contributed by atoms with Crippen molar-refractivity contribution in [3.8, 4) is 0 Å². The van der Waals surface area contributed by atoms with Gasteiger partial charge in [-0.25, -0.2) is 0 Å². The Balaban J connectivity index is -0.0000000720. The quantitative estimate of drug-likeness (QED) is 0.548. The van der Waals surface area contributed by atoms with Gasteiger partial charge in [0.05, 0.1) is 0 Å². The third-order valence-corrected chi connectivity index (χ3v) is 1.34. The smallest absolute Gasteiger partial charge is 0 e. The molecule has 0 aromatic rings. The van der Waals surface area contributed by atoms with Crippen LogP contribution in [-0.2, 0) is 0 Å². The zero-order valence-electron chi connectivity index (χ0n) is 6.22. The van der Waals surface area contributed by atoms with Crippen LogP contribution in [0.25, 0.3) is 0 Å². The summed E-state index contributed by atoms with van der Waals surface area (Å²) in [5.41, 5.74) is 0. The van der Waals surface area contributed by atoms with Gasteiger partial charge in [-0.15, -0.1) is 0 Å².